The molecule has 0 spiro atoms. The Kier molecular flexibility index (Phi) is 5.90. The first kappa shape index (κ1) is 14.9. The summed E-state index contributed by atoms with van der Waals surface area (Å²) in [6.07, 6.45) is 4.58. The highest BCUT2D eigenvalue weighted by Crippen LogP contribution is 2.22. The third-order valence-corrected chi connectivity index (χ3v) is 4.25. The van der Waals surface area contributed by atoms with Gasteiger partial charge in [-0.15, -0.1) is 0 Å². The number of likely N-dealkylation sites (tertiary alicyclic amines) is 1. The fourth-order valence-corrected chi connectivity index (χ4v) is 2.50. The number of unbranched alkanes of at least 4 members (excludes halogenated alkanes) is 1. The van der Waals surface area contributed by atoms with Crippen LogP contribution in [0, 0.1) is 11.8 Å². The number of hydrogen-bond donors (Lipinski definition) is 2. The predicted octanol–water partition coefficient (Wildman–Crippen LogP) is 1.84. The molecule has 1 rings (SSSR count). The molecule has 0 radical (unpaired) electrons. The average Bonchev–Trinajstić information content (AvgIpc) is 2.29. The fraction of sp³-hybridized carbons (Fsp3) is 1.00. The van der Waals surface area contributed by atoms with Crippen LogP contribution in [0.25, 0.3) is 0 Å². The van der Waals surface area contributed by atoms with Crippen molar-refractivity contribution < 1.29 is 5.11 Å². The molecule has 102 valence electrons. The third kappa shape index (κ3) is 5.36. The second-order valence-electron chi connectivity index (χ2n) is 6.31. The van der Waals surface area contributed by atoms with Gasteiger partial charge in [-0.25, -0.2) is 0 Å². The van der Waals surface area contributed by atoms with Crippen molar-refractivity contribution in [2.45, 2.75) is 52.0 Å². The van der Waals surface area contributed by atoms with Crippen LogP contribution in [-0.4, -0.2) is 41.8 Å². The van der Waals surface area contributed by atoms with E-state index in [4.69, 9.17) is 10.8 Å². The zero-order valence-corrected chi connectivity index (χ0v) is 11.8. The van der Waals surface area contributed by atoms with Gasteiger partial charge in [0.05, 0.1) is 6.61 Å². The third-order valence-electron chi connectivity index (χ3n) is 4.25. The molecule has 3 N–H and O–H groups in total. The van der Waals surface area contributed by atoms with E-state index in [1.807, 2.05) is 6.92 Å². The standard InChI is InChI=1S/C14H30N2O/c1-12-6-9-16(10-13(12)2)8-5-4-7-14(3,15)11-17/h12-13,17H,4-11,15H2,1-3H3. The Morgan fingerprint density at radius 3 is 2.59 bits per heavy atom. The number of nitrogens with two attached hydrogens (primary N) is 1. The lowest BCUT2D eigenvalue weighted by Crippen LogP contribution is -2.41. The minimum Gasteiger partial charge on any atom is -0.394 e. The Bertz CT molecular complexity index is 218. The van der Waals surface area contributed by atoms with E-state index in [2.05, 4.69) is 18.7 Å². The second-order valence-corrected chi connectivity index (χ2v) is 6.31. The van der Waals surface area contributed by atoms with E-state index in [9.17, 15) is 0 Å². The first-order valence-electron chi connectivity index (χ1n) is 7.07. The Morgan fingerprint density at radius 1 is 1.29 bits per heavy atom. The van der Waals surface area contributed by atoms with Crippen LogP contribution >= 0.6 is 0 Å². The van der Waals surface area contributed by atoms with Crippen molar-refractivity contribution in [3.63, 3.8) is 0 Å². The summed E-state index contributed by atoms with van der Waals surface area (Å²) in [6.45, 7) is 10.4. The van der Waals surface area contributed by atoms with Gasteiger partial charge >= 0.3 is 0 Å². The molecular weight excluding hydrogens is 212 g/mol. The maximum Gasteiger partial charge on any atom is 0.0608 e. The number of rotatable bonds is 6. The largest absolute Gasteiger partial charge is 0.394 e. The van der Waals surface area contributed by atoms with Crippen LogP contribution in [0.4, 0.5) is 0 Å². The van der Waals surface area contributed by atoms with E-state index >= 15 is 0 Å². The minimum atomic E-state index is -0.385. The number of nitrogens with zero attached hydrogens (tertiary/aromatic N) is 1. The molecule has 0 bridgehead atoms. The lowest BCUT2D eigenvalue weighted by Gasteiger charge is -2.35. The van der Waals surface area contributed by atoms with E-state index < -0.39 is 0 Å². The van der Waals surface area contributed by atoms with Crippen molar-refractivity contribution in [3.8, 4) is 0 Å². The van der Waals surface area contributed by atoms with Crippen LogP contribution < -0.4 is 5.73 Å². The Morgan fingerprint density at radius 2 is 2.00 bits per heavy atom. The van der Waals surface area contributed by atoms with Crippen LogP contribution in [0.3, 0.4) is 0 Å². The monoisotopic (exact) mass is 242 g/mol. The molecular formula is C14H30N2O. The Balaban J connectivity index is 2.11. The van der Waals surface area contributed by atoms with Gasteiger partial charge in [0.15, 0.2) is 0 Å². The fourth-order valence-electron chi connectivity index (χ4n) is 2.50. The molecule has 3 atom stereocenters. The van der Waals surface area contributed by atoms with Gasteiger partial charge in [-0.2, -0.15) is 0 Å². The first-order valence-corrected chi connectivity index (χ1v) is 7.07. The van der Waals surface area contributed by atoms with Crippen molar-refractivity contribution in [1.82, 2.24) is 4.90 Å². The van der Waals surface area contributed by atoms with Gasteiger partial charge in [0.25, 0.3) is 0 Å². The molecule has 1 aliphatic heterocycles. The van der Waals surface area contributed by atoms with Crippen LogP contribution in [-0.2, 0) is 0 Å². The van der Waals surface area contributed by atoms with Crippen molar-refractivity contribution >= 4 is 0 Å². The molecule has 1 aliphatic rings. The van der Waals surface area contributed by atoms with E-state index in [-0.39, 0.29) is 12.1 Å². The smallest absolute Gasteiger partial charge is 0.0608 e. The van der Waals surface area contributed by atoms with Gasteiger partial charge in [0.2, 0.25) is 0 Å². The highest BCUT2D eigenvalue weighted by molar-refractivity contribution is 4.78. The maximum atomic E-state index is 9.07. The lowest BCUT2D eigenvalue weighted by molar-refractivity contribution is 0.134. The van der Waals surface area contributed by atoms with Gasteiger partial charge in [-0.1, -0.05) is 20.3 Å². The summed E-state index contributed by atoms with van der Waals surface area (Å²) in [5.41, 5.74) is 5.53. The molecule has 17 heavy (non-hydrogen) atoms. The summed E-state index contributed by atoms with van der Waals surface area (Å²) in [5.74, 6) is 1.72. The zero-order chi connectivity index (χ0) is 12.9. The molecule has 0 aromatic rings. The van der Waals surface area contributed by atoms with Crippen molar-refractivity contribution in [1.29, 1.82) is 0 Å². The van der Waals surface area contributed by atoms with E-state index in [1.54, 1.807) is 0 Å². The van der Waals surface area contributed by atoms with Gasteiger partial charge < -0.3 is 15.7 Å². The van der Waals surface area contributed by atoms with Crippen LogP contribution in [0.15, 0.2) is 0 Å². The van der Waals surface area contributed by atoms with Crippen molar-refractivity contribution in [3.05, 3.63) is 0 Å². The molecule has 0 amide bonds. The van der Waals surface area contributed by atoms with Gasteiger partial charge in [-0.3, -0.25) is 0 Å². The molecule has 1 heterocycles. The summed E-state index contributed by atoms with van der Waals surface area (Å²) in [7, 11) is 0. The van der Waals surface area contributed by atoms with Crippen LogP contribution in [0.5, 0.6) is 0 Å². The predicted molar refractivity (Wildman–Crippen MR) is 72.9 cm³/mol. The average molecular weight is 242 g/mol. The molecule has 1 saturated heterocycles. The minimum absolute atomic E-state index is 0.0886. The van der Waals surface area contributed by atoms with Crippen molar-refractivity contribution in [2.24, 2.45) is 17.6 Å². The quantitative estimate of drug-likeness (QED) is 0.699. The summed E-state index contributed by atoms with van der Waals surface area (Å²) in [4.78, 5) is 2.58. The number of piperidine rings is 1. The highest BCUT2D eigenvalue weighted by atomic mass is 16.3. The molecule has 1 fully saturated rings. The van der Waals surface area contributed by atoms with Gasteiger partial charge in [-0.05, 0) is 51.1 Å². The normalized spacial score (nSPS) is 30.2. The summed E-state index contributed by atoms with van der Waals surface area (Å²) >= 11 is 0. The van der Waals surface area contributed by atoms with Gasteiger partial charge in [0.1, 0.15) is 0 Å². The summed E-state index contributed by atoms with van der Waals surface area (Å²) in [6, 6.07) is 0. The van der Waals surface area contributed by atoms with Gasteiger partial charge in [0, 0.05) is 12.1 Å². The van der Waals surface area contributed by atoms with E-state index in [0.717, 1.165) is 24.7 Å². The Hall–Kier alpha value is -0.120. The molecule has 0 aromatic heterocycles. The lowest BCUT2D eigenvalue weighted by atomic mass is 9.88. The summed E-state index contributed by atoms with van der Waals surface area (Å²) < 4.78 is 0. The number of aliphatic hydroxyl groups is 1. The summed E-state index contributed by atoms with van der Waals surface area (Å²) in [5, 5.41) is 9.07. The number of aliphatic hydroxyl groups excluding tert-OH is 1. The molecule has 0 aliphatic carbocycles. The van der Waals surface area contributed by atoms with Crippen LogP contribution in [0.1, 0.15) is 46.5 Å². The van der Waals surface area contributed by atoms with E-state index in [1.165, 1.54) is 32.5 Å². The second kappa shape index (κ2) is 6.72. The van der Waals surface area contributed by atoms with Crippen LogP contribution in [0.2, 0.25) is 0 Å². The molecule has 3 unspecified atom stereocenters. The molecule has 3 heteroatoms. The first-order chi connectivity index (χ1) is 7.94. The Labute approximate surface area is 106 Å². The topological polar surface area (TPSA) is 49.5 Å². The zero-order valence-electron chi connectivity index (χ0n) is 11.8. The number of hydrogen-bond acceptors (Lipinski definition) is 3. The van der Waals surface area contributed by atoms with E-state index in [0.29, 0.717) is 0 Å². The molecule has 3 nitrogen and oxygen atoms in total. The molecule has 0 aromatic carbocycles. The molecule has 0 saturated carbocycles. The maximum absolute atomic E-state index is 9.07. The van der Waals surface area contributed by atoms with Crippen molar-refractivity contribution in [2.75, 3.05) is 26.2 Å². The highest BCUT2D eigenvalue weighted by Gasteiger charge is 2.22. The SMILES string of the molecule is CC1CCN(CCCCC(C)(N)CO)CC1C.